The van der Waals surface area contributed by atoms with Crippen molar-refractivity contribution in [3.8, 4) is 5.75 Å². The first-order chi connectivity index (χ1) is 9.99. The molecule has 1 unspecified atom stereocenters. The molecule has 3 nitrogen and oxygen atoms in total. The summed E-state index contributed by atoms with van der Waals surface area (Å²) in [6.07, 6.45) is 0. The Bertz CT molecular complexity index is 644. The highest BCUT2D eigenvalue weighted by Gasteiger charge is 2.11. The van der Waals surface area contributed by atoms with Crippen molar-refractivity contribution in [3.63, 3.8) is 0 Å². The van der Waals surface area contributed by atoms with Crippen LogP contribution in [0.2, 0.25) is 10.3 Å². The van der Waals surface area contributed by atoms with E-state index < -0.39 is 0 Å². The molecule has 1 aromatic carbocycles. The lowest BCUT2D eigenvalue weighted by Crippen LogP contribution is -2.25. The highest BCUT2D eigenvalue weighted by atomic mass is 35.5. The van der Waals surface area contributed by atoms with Crippen molar-refractivity contribution < 1.29 is 4.74 Å². The molecule has 0 radical (unpaired) electrons. The summed E-state index contributed by atoms with van der Waals surface area (Å²) in [6, 6.07) is 11.2. The van der Waals surface area contributed by atoms with Crippen LogP contribution >= 0.6 is 35.4 Å². The molecular formula is C15H14Cl2N2OS. The van der Waals surface area contributed by atoms with Crippen molar-refractivity contribution in [3.05, 3.63) is 57.8 Å². The van der Waals surface area contributed by atoms with Crippen LogP contribution in [0.15, 0.2) is 36.4 Å². The van der Waals surface area contributed by atoms with E-state index in [-0.39, 0.29) is 6.04 Å². The molecule has 0 saturated heterocycles. The minimum atomic E-state index is 0.0262. The number of halogens is 2. The zero-order valence-corrected chi connectivity index (χ0v) is 13.9. The Kier molecular flexibility index (Phi) is 5.39. The lowest BCUT2D eigenvalue weighted by molar-refractivity contribution is 0.414. The molecular weight excluding hydrogens is 327 g/mol. The molecule has 0 amide bonds. The van der Waals surface area contributed by atoms with Crippen LogP contribution in [0.25, 0.3) is 0 Å². The number of ether oxygens (including phenoxy) is 1. The number of thiocarbonyl (C=S) groups is 1. The van der Waals surface area contributed by atoms with E-state index in [1.54, 1.807) is 19.2 Å². The van der Waals surface area contributed by atoms with Gasteiger partial charge in [0.05, 0.1) is 7.11 Å². The predicted molar refractivity (Wildman–Crippen MR) is 90.5 cm³/mol. The van der Waals surface area contributed by atoms with Crippen molar-refractivity contribution >= 4 is 40.4 Å². The highest BCUT2D eigenvalue weighted by molar-refractivity contribution is 7.80. The third-order valence-electron chi connectivity index (χ3n) is 2.97. The second-order valence-electron chi connectivity index (χ2n) is 4.47. The normalized spacial score (nSPS) is 11.8. The molecule has 110 valence electrons. The monoisotopic (exact) mass is 340 g/mol. The summed E-state index contributed by atoms with van der Waals surface area (Å²) in [5.41, 5.74) is 1.81. The molecule has 0 aliphatic rings. The second-order valence-corrected chi connectivity index (χ2v) is 5.66. The maximum absolute atomic E-state index is 5.89. The summed E-state index contributed by atoms with van der Waals surface area (Å²) in [5, 5.41) is 3.88. The topological polar surface area (TPSA) is 34.1 Å². The summed E-state index contributed by atoms with van der Waals surface area (Å²) in [4.78, 5) is 4.47. The molecule has 1 aromatic heterocycles. The first-order valence-corrected chi connectivity index (χ1v) is 7.44. The van der Waals surface area contributed by atoms with Crippen LogP contribution in [0.4, 0.5) is 0 Å². The van der Waals surface area contributed by atoms with E-state index in [1.165, 1.54) is 0 Å². The lowest BCUT2D eigenvalue weighted by Gasteiger charge is -2.17. The molecule has 0 aliphatic heterocycles. The van der Waals surface area contributed by atoms with Gasteiger partial charge in [-0.1, -0.05) is 47.6 Å². The molecule has 0 saturated carbocycles. The maximum Gasteiger partial charge on any atom is 0.131 e. The average molecular weight is 341 g/mol. The molecule has 1 N–H and O–H groups in total. The van der Waals surface area contributed by atoms with Gasteiger partial charge < -0.3 is 10.1 Å². The second kappa shape index (κ2) is 7.07. The fourth-order valence-corrected chi connectivity index (χ4v) is 2.63. The van der Waals surface area contributed by atoms with E-state index >= 15 is 0 Å². The number of nitrogens with one attached hydrogen (secondary N) is 1. The predicted octanol–water partition coefficient (Wildman–Crippen LogP) is 4.42. The van der Waals surface area contributed by atoms with Crippen LogP contribution in [0.1, 0.15) is 24.1 Å². The van der Waals surface area contributed by atoms with E-state index in [1.807, 2.05) is 31.2 Å². The van der Waals surface area contributed by atoms with Crippen LogP contribution in [0.3, 0.4) is 0 Å². The number of rotatable bonds is 4. The zero-order chi connectivity index (χ0) is 15.4. The van der Waals surface area contributed by atoms with Gasteiger partial charge in [0.1, 0.15) is 21.0 Å². The largest absolute Gasteiger partial charge is 0.497 e. The van der Waals surface area contributed by atoms with Crippen LogP contribution in [0.5, 0.6) is 5.75 Å². The van der Waals surface area contributed by atoms with Gasteiger partial charge in [0.2, 0.25) is 0 Å². The van der Waals surface area contributed by atoms with Crippen molar-refractivity contribution in [1.29, 1.82) is 0 Å². The number of aromatic nitrogens is 1. The molecule has 2 rings (SSSR count). The Hall–Kier alpha value is -1.36. The maximum atomic E-state index is 5.89. The summed E-state index contributed by atoms with van der Waals surface area (Å²) in [6.45, 7) is 2.02. The Morgan fingerprint density at radius 2 is 1.90 bits per heavy atom. The van der Waals surface area contributed by atoms with Crippen LogP contribution in [-0.2, 0) is 0 Å². The number of pyridine rings is 1. The third-order valence-corrected chi connectivity index (χ3v) is 3.71. The SMILES string of the molecule is COc1cccc(C(C)NC(=S)c2cc(Cl)nc(Cl)c2)c1. The van der Waals surface area contributed by atoms with Crippen LogP contribution in [0, 0.1) is 0 Å². The summed E-state index contributed by atoms with van der Waals surface area (Å²) < 4.78 is 5.22. The van der Waals surface area contributed by atoms with Crippen molar-refractivity contribution in [1.82, 2.24) is 10.3 Å². The van der Waals surface area contributed by atoms with Gasteiger partial charge in [-0.25, -0.2) is 4.98 Å². The van der Waals surface area contributed by atoms with Gasteiger partial charge in [-0.3, -0.25) is 0 Å². The number of nitrogens with zero attached hydrogens (tertiary/aromatic N) is 1. The van der Waals surface area contributed by atoms with E-state index in [0.29, 0.717) is 15.3 Å². The quantitative estimate of drug-likeness (QED) is 0.659. The number of methoxy groups -OCH3 is 1. The molecule has 6 heteroatoms. The minimum Gasteiger partial charge on any atom is -0.497 e. The van der Waals surface area contributed by atoms with E-state index in [2.05, 4.69) is 10.3 Å². The molecule has 0 aliphatic carbocycles. The number of benzene rings is 1. The van der Waals surface area contributed by atoms with Gasteiger partial charge in [0, 0.05) is 11.6 Å². The van der Waals surface area contributed by atoms with Crippen molar-refractivity contribution in [2.75, 3.05) is 7.11 Å². The standard InChI is InChI=1S/C15H14Cl2N2OS/c1-9(10-4-3-5-12(6-10)20-2)18-15(21)11-7-13(16)19-14(17)8-11/h3-9H,1-2H3,(H,18,21). The van der Waals surface area contributed by atoms with Crippen molar-refractivity contribution in [2.45, 2.75) is 13.0 Å². The Balaban J connectivity index is 2.14. The molecule has 2 aromatic rings. The van der Waals surface area contributed by atoms with Gasteiger partial charge in [0.15, 0.2) is 0 Å². The molecule has 1 atom stereocenters. The summed E-state index contributed by atoms with van der Waals surface area (Å²) >= 11 is 17.2. The number of hydrogen-bond donors (Lipinski definition) is 1. The minimum absolute atomic E-state index is 0.0262. The van der Waals surface area contributed by atoms with Crippen molar-refractivity contribution in [2.24, 2.45) is 0 Å². The fourth-order valence-electron chi connectivity index (χ4n) is 1.87. The van der Waals surface area contributed by atoms with Gasteiger partial charge in [-0.2, -0.15) is 0 Å². The average Bonchev–Trinajstić information content (AvgIpc) is 2.46. The Labute approximate surface area is 139 Å². The Morgan fingerprint density at radius 3 is 2.52 bits per heavy atom. The number of hydrogen-bond acceptors (Lipinski definition) is 3. The third kappa shape index (κ3) is 4.30. The van der Waals surface area contributed by atoms with Gasteiger partial charge in [-0.05, 0) is 36.8 Å². The molecule has 0 spiro atoms. The van der Waals surface area contributed by atoms with E-state index in [4.69, 9.17) is 40.2 Å². The smallest absolute Gasteiger partial charge is 0.131 e. The first kappa shape index (κ1) is 16.0. The van der Waals surface area contributed by atoms with Crippen LogP contribution in [-0.4, -0.2) is 17.1 Å². The fraction of sp³-hybridized carbons (Fsp3) is 0.200. The van der Waals surface area contributed by atoms with Gasteiger partial charge in [-0.15, -0.1) is 0 Å². The molecule has 0 bridgehead atoms. The molecule has 1 heterocycles. The Morgan fingerprint density at radius 1 is 1.24 bits per heavy atom. The first-order valence-electron chi connectivity index (χ1n) is 6.27. The highest BCUT2D eigenvalue weighted by Crippen LogP contribution is 2.20. The molecule has 0 fully saturated rings. The summed E-state index contributed by atoms with van der Waals surface area (Å²) in [7, 11) is 1.64. The summed E-state index contributed by atoms with van der Waals surface area (Å²) in [5.74, 6) is 0.807. The molecule has 21 heavy (non-hydrogen) atoms. The van der Waals surface area contributed by atoms with E-state index in [0.717, 1.165) is 16.9 Å². The van der Waals surface area contributed by atoms with Gasteiger partial charge >= 0.3 is 0 Å². The lowest BCUT2D eigenvalue weighted by atomic mass is 10.1. The van der Waals surface area contributed by atoms with Gasteiger partial charge in [0.25, 0.3) is 0 Å². The van der Waals surface area contributed by atoms with Crippen LogP contribution < -0.4 is 10.1 Å². The zero-order valence-electron chi connectivity index (χ0n) is 11.6. The van der Waals surface area contributed by atoms with E-state index in [9.17, 15) is 0 Å².